The monoisotopic (exact) mass is 505 g/mol. The summed E-state index contributed by atoms with van der Waals surface area (Å²) < 4.78 is 0.897. The summed E-state index contributed by atoms with van der Waals surface area (Å²) >= 11 is 3.44. The Morgan fingerprint density at radius 1 is 1.03 bits per heavy atom. The third-order valence-corrected chi connectivity index (χ3v) is 6.58. The van der Waals surface area contributed by atoms with E-state index in [2.05, 4.69) is 27.3 Å². The van der Waals surface area contributed by atoms with Crippen molar-refractivity contribution in [3.8, 4) is 0 Å². The number of amides is 2. The number of piperidine rings is 1. The molecule has 0 radical (unpaired) electrons. The Labute approximate surface area is 203 Å². The van der Waals surface area contributed by atoms with Gasteiger partial charge in [-0.3, -0.25) is 14.6 Å². The number of aromatic nitrogens is 1. The van der Waals surface area contributed by atoms with E-state index in [-0.39, 0.29) is 17.7 Å². The number of aryl methyl sites for hydroxylation is 2. The highest BCUT2D eigenvalue weighted by molar-refractivity contribution is 9.10. The highest BCUT2D eigenvalue weighted by Crippen LogP contribution is 2.30. The van der Waals surface area contributed by atoms with Gasteiger partial charge < -0.3 is 10.2 Å². The van der Waals surface area contributed by atoms with Crippen LogP contribution in [0, 0.1) is 13.8 Å². The van der Waals surface area contributed by atoms with Gasteiger partial charge in [-0.1, -0.05) is 51.8 Å². The van der Waals surface area contributed by atoms with E-state index in [0.29, 0.717) is 30.8 Å². The first-order valence-corrected chi connectivity index (χ1v) is 12.1. The molecule has 0 saturated carbocycles. The molecule has 3 aromatic rings. The number of hydrogen-bond acceptors (Lipinski definition) is 3. The molecule has 1 aromatic heterocycles. The molecule has 0 bridgehead atoms. The predicted octanol–water partition coefficient (Wildman–Crippen LogP) is 5.41. The standard InChI is InChI=1S/C27H28BrN3O2/c1-18-5-3-6-20(15-18)17-29-26(32)24-10-9-19(2)30-25(24)21-11-13-31(14-12-21)27(33)22-7-4-8-23(28)16-22/h3-10,15-16,21H,11-14,17H2,1-2H3,(H,29,32). The third kappa shape index (κ3) is 5.69. The van der Waals surface area contributed by atoms with Crippen LogP contribution in [-0.4, -0.2) is 34.8 Å². The summed E-state index contributed by atoms with van der Waals surface area (Å²) in [5.41, 5.74) is 5.30. The molecular formula is C27H28BrN3O2. The van der Waals surface area contributed by atoms with E-state index < -0.39 is 0 Å². The topological polar surface area (TPSA) is 62.3 Å². The molecule has 0 aliphatic carbocycles. The molecule has 0 unspecified atom stereocenters. The molecule has 0 atom stereocenters. The molecule has 5 nitrogen and oxygen atoms in total. The first-order chi connectivity index (χ1) is 15.9. The molecule has 170 valence electrons. The van der Waals surface area contributed by atoms with Crippen LogP contribution in [0.25, 0.3) is 0 Å². The third-order valence-electron chi connectivity index (χ3n) is 6.08. The molecule has 1 aliphatic rings. The largest absolute Gasteiger partial charge is 0.348 e. The summed E-state index contributed by atoms with van der Waals surface area (Å²) in [6.45, 7) is 5.77. The van der Waals surface area contributed by atoms with Crippen LogP contribution in [0.4, 0.5) is 0 Å². The molecular weight excluding hydrogens is 478 g/mol. The average Bonchev–Trinajstić information content (AvgIpc) is 2.82. The van der Waals surface area contributed by atoms with Crippen molar-refractivity contribution in [1.29, 1.82) is 0 Å². The van der Waals surface area contributed by atoms with Gasteiger partial charge >= 0.3 is 0 Å². The first kappa shape index (κ1) is 23.2. The van der Waals surface area contributed by atoms with Crippen molar-refractivity contribution in [2.75, 3.05) is 13.1 Å². The van der Waals surface area contributed by atoms with Crippen molar-refractivity contribution in [2.45, 2.75) is 39.2 Å². The van der Waals surface area contributed by atoms with Crippen LogP contribution < -0.4 is 5.32 Å². The van der Waals surface area contributed by atoms with Crippen LogP contribution >= 0.6 is 15.9 Å². The van der Waals surface area contributed by atoms with Gasteiger partial charge in [-0.2, -0.15) is 0 Å². The first-order valence-electron chi connectivity index (χ1n) is 11.3. The second kappa shape index (κ2) is 10.3. The van der Waals surface area contributed by atoms with Crippen LogP contribution in [0.2, 0.25) is 0 Å². The molecule has 1 aliphatic heterocycles. The van der Waals surface area contributed by atoms with Crippen molar-refractivity contribution < 1.29 is 9.59 Å². The SMILES string of the molecule is Cc1cccc(CNC(=O)c2ccc(C)nc2C2CCN(C(=O)c3cccc(Br)c3)CC2)c1. The number of nitrogens with one attached hydrogen (secondary N) is 1. The van der Waals surface area contributed by atoms with Gasteiger partial charge in [0.2, 0.25) is 0 Å². The van der Waals surface area contributed by atoms with E-state index in [1.807, 2.05) is 73.3 Å². The smallest absolute Gasteiger partial charge is 0.253 e. The number of nitrogens with zero attached hydrogens (tertiary/aromatic N) is 2. The van der Waals surface area contributed by atoms with E-state index in [0.717, 1.165) is 34.3 Å². The summed E-state index contributed by atoms with van der Waals surface area (Å²) in [6, 6.07) is 19.4. The number of halogens is 1. The normalized spacial score (nSPS) is 14.2. The molecule has 33 heavy (non-hydrogen) atoms. The van der Waals surface area contributed by atoms with Gasteiger partial charge in [-0.15, -0.1) is 0 Å². The van der Waals surface area contributed by atoms with Crippen LogP contribution in [0.1, 0.15) is 62.0 Å². The Morgan fingerprint density at radius 3 is 2.52 bits per heavy atom. The van der Waals surface area contributed by atoms with Gasteiger partial charge in [0.15, 0.2) is 0 Å². The zero-order chi connectivity index (χ0) is 23.4. The fourth-order valence-corrected chi connectivity index (χ4v) is 4.74. The minimum absolute atomic E-state index is 0.0445. The lowest BCUT2D eigenvalue weighted by Gasteiger charge is -2.32. The Kier molecular flexibility index (Phi) is 7.23. The maximum Gasteiger partial charge on any atom is 0.253 e. The maximum absolute atomic E-state index is 13.0. The van der Waals surface area contributed by atoms with Gasteiger partial charge in [0, 0.05) is 41.3 Å². The van der Waals surface area contributed by atoms with Crippen LogP contribution in [-0.2, 0) is 6.54 Å². The molecule has 4 rings (SSSR count). The van der Waals surface area contributed by atoms with Gasteiger partial charge in [0.25, 0.3) is 11.8 Å². The number of carbonyl (C=O) groups excluding carboxylic acids is 2. The van der Waals surface area contributed by atoms with Gasteiger partial charge in [-0.05, 0) is 62.6 Å². The summed E-state index contributed by atoms with van der Waals surface area (Å²) in [7, 11) is 0. The fourth-order valence-electron chi connectivity index (χ4n) is 4.34. The molecule has 1 saturated heterocycles. The van der Waals surface area contributed by atoms with E-state index in [1.165, 1.54) is 5.56 Å². The summed E-state index contributed by atoms with van der Waals surface area (Å²) in [5.74, 6) is 0.0888. The van der Waals surface area contributed by atoms with Gasteiger partial charge in [0.05, 0.1) is 11.3 Å². The van der Waals surface area contributed by atoms with E-state index >= 15 is 0 Å². The van der Waals surface area contributed by atoms with Crippen molar-refractivity contribution in [2.24, 2.45) is 0 Å². The van der Waals surface area contributed by atoms with E-state index in [9.17, 15) is 9.59 Å². The Hall–Kier alpha value is -2.99. The maximum atomic E-state index is 13.0. The van der Waals surface area contributed by atoms with Crippen molar-refractivity contribution in [3.63, 3.8) is 0 Å². The van der Waals surface area contributed by atoms with Crippen molar-refractivity contribution in [3.05, 3.63) is 98.8 Å². The summed E-state index contributed by atoms with van der Waals surface area (Å²) in [4.78, 5) is 32.6. The second-order valence-electron chi connectivity index (χ2n) is 8.63. The summed E-state index contributed by atoms with van der Waals surface area (Å²) in [6.07, 6.45) is 1.57. The minimum atomic E-state index is -0.105. The molecule has 2 amide bonds. The molecule has 0 spiro atoms. The highest BCUT2D eigenvalue weighted by atomic mass is 79.9. The van der Waals surface area contributed by atoms with E-state index in [4.69, 9.17) is 4.98 Å². The van der Waals surface area contributed by atoms with Gasteiger partial charge in [-0.25, -0.2) is 0 Å². The molecule has 1 N–H and O–H groups in total. The predicted molar refractivity (Wildman–Crippen MR) is 133 cm³/mol. The van der Waals surface area contributed by atoms with Crippen LogP contribution in [0.5, 0.6) is 0 Å². The number of pyridine rings is 1. The zero-order valence-electron chi connectivity index (χ0n) is 19.0. The lowest BCUT2D eigenvalue weighted by molar-refractivity contribution is 0.0710. The van der Waals surface area contributed by atoms with Crippen molar-refractivity contribution >= 4 is 27.7 Å². The molecule has 1 fully saturated rings. The number of rotatable bonds is 5. The number of carbonyl (C=O) groups is 2. The Morgan fingerprint density at radius 2 is 1.79 bits per heavy atom. The number of benzene rings is 2. The van der Waals surface area contributed by atoms with Crippen molar-refractivity contribution in [1.82, 2.24) is 15.2 Å². The van der Waals surface area contributed by atoms with E-state index in [1.54, 1.807) is 0 Å². The van der Waals surface area contributed by atoms with Crippen LogP contribution in [0.3, 0.4) is 0 Å². The zero-order valence-corrected chi connectivity index (χ0v) is 20.6. The molecule has 2 heterocycles. The lowest BCUT2D eigenvalue weighted by Crippen LogP contribution is -2.38. The molecule has 6 heteroatoms. The Balaban J connectivity index is 1.44. The fraction of sp³-hybridized carbons (Fsp3) is 0.296. The number of hydrogen-bond donors (Lipinski definition) is 1. The quantitative estimate of drug-likeness (QED) is 0.504. The highest BCUT2D eigenvalue weighted by Gasteiger charge is 2.28. The minimum Gasteiger partial charge on any atom is -0.348 e. The summed E-state index contributed by atoms with van der Waals surface area (Å²) in [5, 5.41) is 3.05. The van der Waals surface area contributed by atoms with Gasteiger partial charge in [0.1, 0.15) is 0 Å². The number of likely N-dealkylation sites (tertiary alicyclic amines) is 1. The second-order valence-corrected chi connectivity index (χ2v) is 9.55. The molecule has 2 aromatic carbocycles. The lowest BCUT2D eigenvalue weighted by atomic mass is 9.89. The van der Waals surface area contributed by atoms with Crippen LogP contribution in [0.15, 0.2) is 65.1 Å². The average molecular weight is 506 g/mol. The Bertz CT molecular complexity index is 1170.